The summed E-state index contributed by atoms with van der Waals surface area (Å²) in [5.74, 6) is -0.395. The maximum absolute atomic E-state index is 14.7. The van der Waals surface area contributed by atoms with Crippen molar-refractivity contribution in [1.29, 1.82) is 0 Å². The molecule has 9 aromatic heterocycles. The maximum Gasteiger partial charge on any atom is 0.148 e. The van der Waals surface area contributed by atoms with Gasteiger partial charge in [0.25, 0.3) is 0 Å². The van der Waals surface area contributed by atoms with Crippen LogP contribution in [0.15, 0.2) is 120 Å². The van der Waals surface area contributed by atoms with Crippen molar-refractivity contribution in [1.82, 2.24) is 45.0 Å². The van der Waals surface area contributed by atoms with E-state index in [1.807, 2.05) is 18.2 Å². The molecule has 89 heavy (non-hydrogen) atoms. The van der Waals surface area contributed by atoms with Crippen LogP contribution in [0.25, 0.3) is 72.4 Å². The van der Waals surface area contributed by atoms with E-state index in [1.54, 1.807) is 93.4 Å². The summed E-state index contributed by atoms with van der Waals surface area (Å²) in [6, 6.07) is 22.2. The molecule has 15 heterocycles. The van der Waals surface area contributed by atoms with Crippen LogP contribution in [0, 0.1) is 17.5 Å². The van der Waals surface area contributed by atoms with Crippen LogP contribution in [0.2, 0.25) is 0 Å². The predicted octanol–water partition coefficient (Wildman–Crippen LogP) is 15.6. The molecule has 6 aliphatic heterocycles. The minimum absolute atomic E-state index is 0.0454. The third-order valence-electron chi connectivity index (χ3n) is 18.5. The fourth-order valence-corrected chi connectivity index (χ4v) is 19.3. The van der Waals surface area contributed by atoms with Gasteiger partial charge in [-0.05, 0) is 130 Å². The van der Waals surface area contributed by atoms with E-state index in [4.69, 9.17) is 14.2 Å². The lowest BCUT2D eigenvalue weighted by atomic mass is 9.83. The highest BCUT2D eigenvalue weighted by molar-refractivity contribution is 7.20. The summed E-state index contributed by atoms with van der Waals surface area (Å²) in [6.45, 7) is 7.46. The van der Waals surface area contributed by atoms with Crippen LogP contribution < -0.4 is 21.3 Å². The molecule has 0 bridgehead atoms. The summed E-state index contributed by atoms with van der Waals surface area (Å²) in [5, 5.41) is 16.5. The van der Waals surface area contributed by atoms with Crippen molar-refractivity contribution in [3.63, 3.8) is 0 Å². The van der Waals surface area contributed by atoms with Crippen molar-refractivity contribution in [2.75, 3.05) is 89.3 Å². The van der Waals surface area contributed by atoms with Gasteiger partial charge >= 0.3 is 0 Å². The number of hydrogen-bond acceptors (Lipinski definition) is 21. The Labute approximate surface area is 533 Å². The van der Waals surface area contributed by atoms with Gasteiger partial charge in [0, 0.05) is 88.2 Å². The number of thiazole rings is 3. The summed E-state index contributed by atoms with van der Waals surface area (Å²) >= 11 is 9.42. The molecule has 3 spiro atoms. The second-order valence-electron chi connectivity index (χ2n) is 23.3. The quantitative estimate of drug-likeness (QED) is 0.108. The molecule has 18 rings (SSSR count). The minimum atomic E-state index is -0.285. The van der Waals surface area contributed by atoms with E-state index in [0.29, 0.717) is 29.6 Å². The van der Waals surface area contributed by atoms with E-state index in [1.165, 1.54) is 71.9 Å². The lowest BCUT2D eigenvalue weighted by molar-refractivity contribution is 0.111. The normalized spacial score (nSPS) is 22.6. The van der Waals surface area contributed by atoms with Gasteiger partial charge in [-0.3, -0.25) is 9.80 Å². The van der Waals surface area contributed by atoms with Gasteiger partial charge in [-0.15, -0.1) is 68.0 Å². The van der Waals surface area contributed by atoms with Gasteiger partial charge in [-0.1, -0.05) is 12.2 Å². The molecule has 12 aromatic rings. The van der Waals surface area contributed by atoms with Gasteiger partial charge < -0.3 is 35.5 Å². The number of thiophene rings is 3. The summed E-state index contributed by atoms with van der Waals surface area (Å²) < 4.78 is 63.7. The van der Waals surface area contributed by atoms with Crippen molar-refractivity contribution in [3.8, 4) is 0 Å². The molecule has 15 nitrogen and oxygen atoms in total. The van der Waals surface area contributed by atoms with E-state index in [2.05, 4.69) is 105 Å². The Hall–Kier alpha value is -6.91. The first kappa shape index (κ1) is 57.3. The Kier molecular flexibility index (Phi) is 14.9. The lowest BCUT2D eigenvalue weighted by Gasteiger charge is -2.35. The number of anilines is 6. The standard InChI is InChI=1S/C22H21FN4OS2.C22H19FN4OS2.C21H17FN4OS2/c2*1-27-6-3-14(22(27)4-7-28-11-22)19-8-13-16(2-5-24-21(13)30-19)26-17-10-18-20(9-15(17)23)29-12-25-18;22-14-8-19-17(24-11-28-19)9-16(14)26-15-2-4-23-20-12(15)7-18(29-20)13-1-5-25-21(13)3-6-27-10-21/h2,5,8-10,12,14H,3-4,6-7,11H2,1H3,(H,24,26);2-3,5,8-10,12H,4,6-7,11H2,1H3,(H,24,26);1-2,4,7-9,11,25H,3,5-6,10H2,(H,23,26). The van der Waals surface area contributed by atoms with Gasteiger partial charge in [0.2, 0.25) is 0 Å². The van der Waals surface area contributed by atoms with Crippen molar-refractivity contribution in [2.24, 2.45) is 0 Å². The third kappa shape index (κ3) is 10.2. The third-order valence-corrected chi connectivity index (χ3v) is 24.2. The van der Waals surface area contributed by atoms with Crippen molar-refractivity contribution in [3.05, 3.63) is 152 Å². The summed E-state index contributed by atoms with van der Waals surface area (Å²) in [4.78, 5) is 38.1. The molecule has 452 valence electrons. The van der Waals surface area contributed by atoms with Gasteiger partial charge in [-0.25, -0.2) is 43.1 Å². The van der Waals surface area contributed by atoms with E-state index >= 15 is 0 Å². The van der Waals surface area contributed by atoms with Crippen molar-refractivity contribution < 1.29 is 27.4 Å². The van der Waals surface area contributed by atoms with Gasteiger partial charge in [0.15, 0.2) is 0 Å². The fourth-order valence-electron chi connectivity index (χ4n) is 13.7. The number of nitrogens with one attached hydrogen (secondary N) is 4. The zero-order valence-corrected chi connectivity index (χ0v) is 53.1. The number of nitrogens with zero attached hydrogens (tertiary/aromatic N) is 8. The number of hydrogen-bond donors (Lipinski definition) is 4. The molecule has 0 amide bonds. The largest absolute Gasteiger partial charge is 0.379 e. The number of pyridine rings is 3. The van der Waals surface area contributed by atoms with Gasteiger partial charge in [-0.2, -0.15) is 0 Å². The zero-order valence-electron chi connectivity index (χ0n) is 48.2. The number of aromatic nitrogens is 6. The molecule has 0 aliphatic carbocycles. The molecule has 0 radical (unpaired) electrons. The lowest BCUT2D eigenvalue weighted by Crippen LogP contribution is -2.45. The number of likely N-dealkylation sites (tertiary alicyclic amines) is 1. The second-order valence-corrected chi connectivity index (χ2v) is 29.1. The summed E-state index contributed by atoms with van der Waals surface area (Å²) in [5.41, 5.74) is 14.0. The van der Waals surface area contributed by atoms with E-state index in [9.17, 15) is 13.2 Å². The van der Waals surface area contributed by atoms with Gasteiger partial charge in [0.05, 0.1) is 118 Å². The molecule has 6 aliphatic rings. The fraction of sp³-hybridized carbons (Fsp3) is 0.292. The number of ether oxygens (including phenoxy) is 3. The molecular weight excluding hydrogens is 1250 g/mol. The molecule has 4 unspecified atom stereocenters. The first-order valence-corrected chi connectivity index (χ1v) is 34.5. The molecule has 4 saturated heterocycles. The highest BCUT2D eigenvalue weighted by Crippen LogP contribution is 2.51. The minimum Gasteiger partial charge on any atom is -0.379 e. The Bertz CT molecular complexity index is 4770. The van der Waals surface area contributed by atoms with Crippen molar-refractivity contribution in [2.45, 2.75) is 48.2 Å². The van der Waals surface area contributed by atoms with E-state index < -0.39 is 0 Å². The second kappa shape index (κ2) is 23.1. The highest BCUT2D eigenvalue weighted by Gasteiger charge is 2.51. The molecule has 3 aromatic carbocycles. The summed E-state index contributed by atoms with van der Waals surface area (Å²) in [6.07, 6.45) is 14.1. The highest BCUT2D eigenvalue weighted by atomic mass is 32.1. The number of likely N-dealkylation sites (N-methyl/N-ethyl adjacent to an activating group) is 2. The number of halogens is 3. The maximum atomic E-state index is 14.7. The predicted molar refractivity (Wildman–Crippen MR) is 359 cm³/mol. The van der Waals surface area contributed by atoms with Crippen LogP contribution in [0.5, 0.6) is 0 Å². The topological polar surface area (TPSA) is 160 Å². The smallest absolute Gasteiger partial charge is 0.148 e. The average molecular weight is 1300 g/mol. The Morgan fingerprint density at radius 2 is 1.03 bits per heavy atom. The Balaban J connectivity index is 0.000000107. The Morgan fingerprint density at radius 1 is 0.528 bits per heavy atom. The van der Waals surface area contributed by atoms with Crippen LogP contribution in [0.1, 0.15) is 46.2 Å². The molecule has 4 fully saturated rings. The number of benzene rings is 3. The molecule has 4 atom stereocenters. The zero-order chi connectivity index (χ0) is 60.0. The van der Waals surface area contributed by atoms with E-state index in [-0.39, 0.29) is 34.1 Å². The first-order valence-electron chi connectivity index (χ1n) is 29.4. The van der Waals surface area contributed by atoms with Crippen molar-refractivity contribution >= 4 is 175 Å². The van der Waals surface area contributed by atoms with Gasteiger partial charge in [0.1, 0.15) is 31.9 Å². The number of rotatable bonds is 9. The number of fused-ring (bicyclic) bond motifs is 6. The van der Waals surface area contributed by atoms with Crippen LogP contribution in [0.3, 0.4) is 0 Å². The van der Waals surface area contributed by atoms with Crippen LogP contribution >= 0.6 is 68.0 Å². The SMILES string of the molecule is CN1CC=C(c2cc3c(Nc4cc5ncsc5cc4F)ccnc3s2)C12CCOC2.CN1CCC(c2cc3c(Nc4cc5ncsc5cc4F)ccnc3s2)C12CCOC2.Fc1cc2scnc2cc1Nc1ccnc2sc(C3=CCNC34CCOC4)cc12. The van der Waals surface area contributed by atoms with E-state index in [0.717, 1.165) is 157 Å². The average Bonchev–Trinajstić information content (AvgIpc) is 2.92. The summed E-state index contributed by atoms with van der Waals surface area (Å²) in [7, 11) is 4.37. The van der Waals surface area contributed by atoms with Crippen LogP contribution in [0.4, 0.5) is 47.3 Å². The monoisotopic (exact) mass is 1300 g/mol. The molecule has 4 N–H and O–H groups in total. The molecule has 24 heteroatoms. The Morgan fingerprint density at radius 3 is 1.55 bits per heavy atom. The van der Waals surface area contributed by atoms with Crippen LogP contribution in [-0.2, 0) is 14.2 Å². The first-order chi connectivity index (χ1) is 43.5. The molecular formula is C65H57F3N12O3S6. The van der Waals surface area contributed by atoms with Crippen LogP contribution in [-0.4, -0.2) is 130 Å². The molecule has 0 saturated carbocycles.